The zero-order valence-corrected chi connectivity index (χ0v) is 15.3. The van der Waals surface area contributed by atoms with Crippen molar-refractivity contribution in [2.45, 2.75) is 6.54 Å². The van der Waals surface area contributed by atoms with Crippen molar-refractivity contribution >= 4 is 16.6 Å². The van der Waals surface area contributed by atoms with E-state index in [0.717, 1.165) is 22.3 Å². The number of hydrogen-bond acceptors (Lipinski definition) is 3. The molecule has 1 heterocycles. The van der Waals surface area contributed by atoms with E-state index in [4.69, 9.17) is 4.74 Å². The van der Waals surface area contributed by atoms with E-state index < -0.39 is 0 Å². The van der Waals surface area contributed by atoms with Gasteiger partial charge in [0.05, 0.1) is 24.9 Å². The van der Waals surface area contributed by atoms with E-state index >= 15 is 0 Å². The summed E-state index contributed by atoms with van der Waals surface area (Å²) in [5.74, 6) is 0.741. The maximum absolute atomic E-state index is 13.4. The van der Waals surface area contributed by atoms with Crippen molar-refractivity contribution in [3.8, 4) is 17.0 Å². The Morgan fingerprint density at radius 2 is 1.43 bits per heavy atom. The van der Waals surface area contributed by atoms with Crippen molar-refractivity contribution in [2.75, 3.05) is 7.11 Å². The number of nitrogens with zero attached hydrogens (tertiary/aromatic N) is 1. The summed E-state index contributed by atoms with van der Waals surface area (Å²) in [6, 6.07) is 22.5. The molecule has 4 aromatic rings. The summed E-state index contributed by atoms with van der Waals surface area (Å²) >= 11 is 0. The van der Waals surface area contributed by atoms with E-state index in [1.54, 1.807) is 17.7 Å². The number of carbonyl (C=O) groups is 1. The molecule has 136 valence electrons. The van der Waals surface area contributed by atoms with E-state index in [1.807, 2.05) is 66.7 Å². The molecule has 28 heavy (non-hydrogen) atoms. The molecule has 1 aliphatic carbocycles. The summed E-state index contributed by atoms with van der Waals surface area (Å²) in [4.78, 5) is 26.5. The largest absolute Gasteiger partial charge is 0.497 e. The molecule has 3 aromatic carbocycles. The lowest BCUT2D eigenvalue weighted by Gasteiger charge is -2.15. The van der Waals surface area contributed by atoms with Crippen LogP contribution in [-0.4, -0.2) is 17.5 Å². The van der Waals surface area contributed by atoms with E-state index in [9.17, 15) is 9.59 Å². The Morgan fingerprint density at radius 3 is 2.14 bits per heavy atom. The first-order chi connectivity index (χ1) is 13.7. The summed E-state index contributed by atoms with van der Waals surface area (Å²) in [6.07, 6.45) is 0. The molecule has 0 bridgehead atoms. The Labute approximate surface area is 161 Å². The lowest BCUT2D eigenvalue weighted by molar-refractivity contribution is 0.104. The van der Waals surface area contributed by atoms with Crippen LogP contribution in [0.3, 0.4) is 0 Å². The molecule has 0 saturated carbocycles. The summed E-state index contributed by atoms with van der Waals surface area (Å²) in [7, 11) is 1.62. The van der Waals surface area contributed by atoms with Gasteiger partial charge in [0.15, 0.2) is 5.78 Å². The Hall–Kier alpha value is -3.66. The van der Waals surface area contributed by atoms with Crippen LogP contribution >= 0.6 is 0 Å². The second-order valence-corrected chi connectivity index (χ2v) is 6.88. The van der Waals surface area contributed by atoms with Crippen LogP contribution in [0.4, 0.5) is 0 Å². The van der Waals surface area contributed by atoms with Gasteiger partial charge in [-0.1, -0.05) is 54.6 Å². The lowest BCUT2D eigenvalue weighted by Crippen LogP contribution is -2.23. The van der Waals surface area contributed by atoms with E-state index in [1.165, 1.54) is 0 Å². The number of rotatable bonds is 3. The smallest absolute Gasteiger partial charge is 0.259 e. The minimum Gasteiger partial charge on any atom is -0.497 e. The van der Waals surface area contributed by atoms with Crippen LogP contribution in [0, 0.1) is 0 Å². The van der Waals surface area contributed by atoms with Crippen LogP contribution in [0.5, 0.6) is 5.75 Å². The predicted molar refractivity (Wildman–Crippen MR) is 109 cm³/mol. The lowest BCUT2D eigenvalue weighted by atomic mass is 10.0. The second kappa shape index (κ2) is 6.20. The first-order valence-corrected chi connectivity index (χ1v) is 9.11. The topological polar surface area (TPSA) is 48.3 Å². The Balaban J connectivity index is 1.81. The van der Waals surface area contributed by atoms with Crippen LogP contribution in [-0.2, 0) is 6.54 Å². The normalized spacial score (nSPS) is 12.1. The number of fused-ring (bicyclic) bond motifs is 5. The maximum Gasteiger partial charge on any atom is 0.259 e. The van der Waals surface area contributed by atoms with Gasteiger partial charge in [-0.3, -0.25) is 9.59 Å². The predicted octanol–water partition coefficient (Wildman–Crippen LogP) is 4.27. The Morgan fingerprint density at radius 1 is 0.786 bits per heavy atom. The number of benzene rings is 3. The fraction of sp³-hybridized carbons (Fsp3) is 0.0833. The molecule has 0 fully saturated rings. The summed E-state index contributed by atoms with van der Waals surface area (Å²) < 4.78 is 6.95. The summed E-state index contributed by atoms with van der Waals surface area (Å²) in [5, 5.41) is 1.28. The third kappa shape index (κ3) is 2.31. The van der Waals surface area contributed by atoms with Gasteiger partial charge >= 0.3 is 0 Å². The second-order valence-electron chi connectivity index (χ2n) is 6.88. The number of hydrogen-bond donors (Lipinski definition) is 0. The molecule has 0 unspecified atom stereocenters. The highest BCUT2D eigenvalue weighted by molar-refractivity contribution is 6.26. The molecule has 0 radical (unpaired) electrons. The number of methoxy groups -OCH3 is 1. The summed E-state index contributed by atoms with van der Waals surface area (Å²) in [6.45, 7) is 0.387. The minimum absolute atomic E-state index is 0.0229. The first kappa shape index (κ1) is 16.5. The Kier molecular flexibility index (Phi) is 3.66. The molecule has 0 amide bonds. The highest BCUT2D eigenvalue weighted by atomic mass is 16.5. The van der Waals surface area contributed by atoms with Gasteiger partial charge in [0.1, 0.15) is 5.75 Å². The fourth-order valence-electron chi connectivity index (χ4n) is 3.99. The van der Waals surface area contributed by atoms with Crippen molar-refractivity contribution in [1.82, 2.24) is 4.57 Å². The van der Waals surface area contributed by atoms with Gasteiger partial charge in [-0.25, -0.2) is 0 Å². The zero-order valence-electron chi connectivity index (χ0n) is 15.3. The van der Waals surface area contributed by atoms with E-state index in [2.05, 4.69) is 0 Å². The first-order valence-electron chi connectivity index (χ1n) is 9.11. The van der Waals surface area contributed by atoms with Gasteiger partial charge in [0.2, 0.25) is 0 Å². The van der Waals surface area contributed by atoms with Crippen LogP contribution in [0.25, 0.3) is 22.0 Å². The standard InChI is InChI=1S/C24H17NO3/c1-28-16-12-10-15(11-13-16)14-25-22-18-7-3-4-8-19(18)23(26)21(22)17-6-2-5-9-20(17)24(25)27/h2-13H,14H2,1H3. The van der Waals surface area contributed by atoms with Gasteiger partial charge in [-0.05, 0) is 23.8 Å². The highest BCUT2D eigenvalue weighted by Gasteiger charge is 2.32. The quantitative estimate of drug-likeness (QED) is 0.478. The molecule has 4 nitrogen and oxygen atoms in total. The average Bonchev–Trinajstić information content (AvgIpc) is 3.04. The van der Waals surface area contributed by atoms with Crippen LogP contribution in [0.15, 0.2) is 77.6 Å². The average molecular weight is 367 g/mol. The monoisotopic (exact) mass is 367 g/mol. The molecular formula is C24H17NO3. The molecule has 1 aromatic heterocycles. The number of carbonyl (C=O) groups excluding carboxylic acids is 1. The van der Waals surface area contributed by atoms with Crippen LogP contribution in [0.2, 0.25) is 0 Å². The fourth-order valence-corrected chi connectivity index (χ4v) is 3.99. The number of aromatic nitrogens is 1. The molecule has 0 aliphatic heterocycles. The van der Waals surface area contributed by atoms with Crippen molar-refractivity contribution in [1.29, 1.82) is 0 Å². The van der Waals surface area contributed by atoms with Crippen LogP contribution < -0.4 is 10.3 Å². The van der Waals surface area contributed by atoms with Gasteiger partial charge in [-0.15, -0.1) is 0 Å². The molecular weight excluding hydrogens is 350 g/mol. The molecule has 0 saturated heterocycles. The third-order valence-corrected chi connectivity index (χ3v) is 5.33. The zero-order chi connectivity index (χ0) is 19.3. The van der Waals surface area contributed by atoms with Crippen LogP contribution in [0.1, 0.15) is 21.5 Å². The Bertz CT molecular complexity index is 1300. The minimum atomic E-state index is -0.0883. The van der Waals surface area contributed by atoms with Gasteiger partial charge < -0.3 is 9.30 Å². The number of ether oxygens (including phenoxy) is 1. The van der Waals surface area contributed by atoms with E-state index in [-0.39, 0.29) is 11.3 Å². The van der Waals surface area contributed by atoms with E-state index in [0.29, 0.717) is 28.8 Å². The van der Waals surface area contributed by atoms with Gasteiger partial charge in [-0.2, -0.15) is 0 Å². The molecule has 0 N–H and O–H groups in total. The van der Waals surface area contributed by atoms with Crippen molar-refractivity contribution < 1.29 is 9.53 Å². The van der Waals surface area contributed by atoms with Crippen molar-refractivity contribution in [3.05, 3.63) is 99.8 Å². The number of ketones is 1. The maximum atomic E-state index is 13.4. The van der Waals surface area contributed by atoms with Crippen molar-refractivity contribution in [3.63, 3.8) is 0 Å². The van der Waals surface area contributed by atoms with Crippen molar-refractivity contribution in [2.24, 2.45) is 0 Å². The summed E-state index contributed by atoms with van der Waals surface area (Å²) in [5.41, 5.74) is 3.67. The SMILES string of the molecule is COc1ccc(Cn2c3c(c4ccccc4c2=O)C(=O)c2ccccc2-3)cc1. The molecule has 0 spiro atoms. The molecule has 1 aliphatic rings. The number of pyridine rings is 1. The van der Waals surface area contributed by atoms with Gasteiger partial charge in [0, 0.05) is 21.9 Å². The highest BCUT2D eigenvalue weighted by Crippen LogP contribution is 2.39. The molecule has 4 heteroatoms. The molecule has 0 atom stereocenters. The molecule has 5 rings (SSSR count). The third-order valence-electron chi connectivity index (χ3n) is 5.33. The van der Waals surface area contributed by atoms with Gasteiger partial charge in [0.25, 0.3) is 5.56 Å².